The molecule has 0 spiro atoms. The Morgan fingerprint density at radius 2 is 2.00 bits per heavy atom. The number of rotatable bonds is 5. The second-order valence-corrected chi connectivity index (χ2v) is 6.53. The number of nitrogens with zero attached hydrogens (tertiary/aromatic N) is 5. The fourth-order valence-corrected chi connectivity index (χ4v) is 3.27. The number of hydrogen-bond acceptors (Lipinski definition) is 6. The molecule has 0 aliphatic carbocycles. The minimum absolute atomic E-state index is 0.117. The molecule has 0 bridgehead atoms. The highest BCUT2D eigenvalue weighted by Crippen LogP contribution is 2.23. The molecule has 24 heavy (non-hydrogen) atoms. The Bertz CT molecular complexity index is 932. The van der Waals surface area contributed by atoms with Crippen LogP contribution in [0, 0.1) is 0 Å². The highest BCUT2D eigenvalue weighted by atomic mass is 32.1. The molecule has 7 heteroatoms. The molecule has 4 rings (SSSR count). The molecule has 1 atom stereocenters. The van der Waals surface area contributed by atoms with Crippen molar-refractivity contribution in [3.05, 3.63) is 64.6 Å². The molecule has 4 aromatic rings. The van der Waals surface area contributed by atoms with E-state index in [1.165, 1.54) is 10.4 Å². The van der Waals surface area contributed by atoms with E-state index in [0.29, 0.717) is 17.9 Å². The molecule has 120 valence electrons. The third-order valence-electron chi connectivity index (χ3n) is 3.84. The number of hydrogen-bond donors (Lipinski definition) is 1. The minimum Gasteiger partial charge on any atom is -0.362 e. The first-order valence-corrected chi connectivity index (χ1v) is 8.57. The van der Waals surface area contributed by atoms with Crippen LogP contribution in [0.25, 0.3) is 11.2 Å². The molecule has 0 amide bonds. The Labute approximate surface area is 143 Å². The maximum atomic E-state index is 4.35. The molecule has 0 fully saturated rings. The van der Waals surface area contributed by atoms with Crippen molar-refractivity contribution >= 4 is 28.3 Å². The highest BCUT2D eigenvalue weighted by molar-refractivity contribution is 7.09. The van der Waals surface area contributed by atoms with Crippen LogP contribution in [0.2, 0.25) is 0 Å². The SMILES string of the molecule is C[C@H](Nc1ncnc2c1nnn2Cc1cccs1)c1ccccc1. The van der Waals surface area contributed by atoms with Gasteiger partial charge in [-0.25, -0.2) is 14.6 Å². The first-order valence-electron chi connectivity index (χ1n) is 7.69. The zero-order valence-electron chi connectivity index (χ0n) is 13.1. The number of nitrogens with one attached hydrogen (secondary N) is 1. The highest BCUT2D eigenvalue weighted by Gasteiger charge is 2.14. The Morgan fingerprint density at radius 1 is 1.12 bits per heavy atom. The van der Waals surface area contributed by atoms with Gasteiger partial charge >= 0.3 is 0 Å². The van der Waals surface area contributed by atoms with Gasteiger partial charge in [0.15, 0.2) is 17.0 Å². The van der Waals surface area contributed by atoms with Crippen LogP contribution in [0.4, 0.5) is 5.82 Å². The smallest absolute Gasteiger partial charge is 0.184 e. The lowest BCUT2D eigenvalue weighted by molar-refractivity contribution is 0.670. The van der Waals surface area contributed by atoms with E-state index in [-0.39, 0.29) is 6.04 Å². The molecule has 1 N–H and O–H groups in total. The molecule has 3 aromatic heterocycles. The number of fused-ring (bicyclic) bond motifs is 1. The van der Waals surface area contributed by atoms with E-state index in [9.17, 15) is 0 Å². The zero-order valence-corrected chi connectivity index (χ0v) is 13.9. The Kier molecular flexibility index (Phi) is 3.92. The van der Waals surface area contributed by atoms with Crippen LogP contribution in [0.15, 0.2) is 54.2 Å². The molecular formula is C17H16N6S. The summed E-state index contributed by atoms with van der Waals surface area (Å²) < 4.78 is 1.81. The van der Waals surface area contributed by atoms with Gasteiger partial charge in [-0.15, -0.1) is 16.4 Å². The van der Waals surface area contributed by atoms with Crippen molar-refractivity contribution < 1.29 is 0 Å². The van der Waals surface area contributed by atoms with Gasteiger partial charge in [-0.05, 0) is 23.9 Å². The Balaban J connectivity index is 1.63. The summed E-state index contributed by atoms with van der Waals surface area (Å²) in [5.74, 6) is 0.703. The van der Waals surface area contributed by atoms with Crippen molar-refractivity contribution in [3.63, 3.8) is 0 Å². The number of aromatic nitrogens is 5. The molecule has 0 saturated carbocycles. The van der Waals surface area contributed by atoms with Gasteiger partial charge in [0.25, 0.3) is 0 Å². The van der Waals surface area contributed by atoms with Gasteiger partial charge < -0.3 is 5.32 Å². The average Bonchev–Trinajstić information content (AvgIpc) is 3.27. The van der Waals surface area contributed by atoms with E-state index in [2.05, 4.69) is 56.1 Å². The van der Waals surface area contributed by atoms with Crippen LogP contribution >= 0.6 is 11.3 Å². The van der Waals surface area contributed by atoms with Gasteiger partial charge in [0.2, 0.25) is 0 Å². The molecule has 0 aliphatic rings. The van der Waals surface area contributed by atoms with Crippen LogP contribution in [-0.4, -0.2) is 25.0 Å². The summed E-state index contributed by atoms with van der Waals surface area (Å²) in [6.45, 7) is 2.76. The maximum absolute atomic E-state index is 4.35. The van der Waals surface area contributed by atoms with Crippen molar-refractivity contribution in [2.24, 2.45) is 0 Å². The molecule has 1 aromatic carbocycles. The summed E-state index contributed by atoms with van der Waals surface area (Å²) in [7, 11) is 0. The topological polar surface area (TPSA) is 68.5 Å². The van der Waals surface area contributed by atoms with Crippen molar-refractivity contribution in [1.82, 2.24) is 25.0 Å². The van der Waals surface area contributed by atoms with Crippen LogP contribution in [0.5, 0.6) is 0 Å². The molecular weight excluding hydrogens is 320 g/mol. The van der Waals surface area contributed by atoms with Gasteiger partial charge in [0, 0.05) is 4.88 Å². The van der Waals surface area contributed by atoms with Crippen LogP contribution < -0.4 is 5.32 Å². The summed E-state index contributed by atoms with van der Waals surface area (Å²) in [5, 5.41) is 14.0. The molecule has 3 heterocycles. The van der Waals surface area contributed by atoms with E-state index in [4.69, 9.17) is 0 Å². The maximum Gasteiger partial charge on any atom is 0.184 e. The van der Waals surface area contributed by atoms with Gasteiger partial charge in [-0.3, -0.25) is 0 Å². The lowest BCUT2D eigenvalue weighted by atomic mass is 10.1. The lowest BCUT2D eigenvalue weighted by Crippen LogP contribution is -2.09. The second-order valence-electron chi connectivity index (χ2n) is 5.50. The average molecular weight is 336 g/mol. The standard InChI is InChI=1S/C17H16N6S/c1-12(13-6-3-2-4-7-13)20-16-15-17(19-11-18-16)23(22-21-15)10-14-8-5-9-24-14/h2-9,11-12H,10H2,1H3,(H,18,19,20)/t12-/m0/s1. The van der Waals surface area contributed by atoms with Crippen LogP contribution in [0.1, 0.15) is 23.4 Å². The molecule has 0 unspecified atom stereocenters. The van der Waals surface area contributed by atoms with Crippen molar-refractivity contribution in [2.45, 2.75) is 19.5 Å². The van der Waals surface area contributed by atoms with Crippen molar-refractivity contribution in [1.29, 1.82) is 0 Å². The number of benzene rings is 1. The zero-order chi connectivity index (χ0) is 16.4. The third kappa shape index (κ3) is 2.85. The predicted octanol–water partition coefficient (Wildman–Crippen LogP) is 3.50. The van der Waals surface area contributed by atoms with E-state index in [1.54, 1.807) is 22.3 Å². The van der Waals surface area contributed by atoms with E-state index in [0.717, 1.165) is 5.65 Å². The Hall–Kier alpha value is -2.80. The summed E-state index contributed by atoms with van der Waals surface area (Å²) in [4.78, 5) is 9.92. The van der Waals surface area contributed by atoms with Crippen molar-refractivity contribution in [2.75, 3.05) is 5.32 Å². The first-order chi connectivity index (χ1) is 11.8. The summed E-state index contributed by atoms with van der Waals surface area (Å²) >= 11 is 1.69. The third-order valence-corrected chi connectivity index (χ3v) is 4.70. The summed E-state index contributed by atoms with van der Waals surface area (Å²) in [6.07, 6.45) is 1.55. The normalized spacial score (nSPS) is 12.4. The van der Waals surface area contributed by atoms with Gasteiger partial charge in [-0.1, -0.05) is 41.6 Å². The number of anilines is 1. The van der Waals surface area contributed by atoms with Gasteiger partial charge in [0.1, 0.15) is 6.33 Å². The van der Waals surface area contributed by atoms with Crippen molar-refractivity contribution in [3.8, 4) is 0 Å². The monoisotopic (exact) mass is 336 g/mol. The molecule has 0 radical (unpaired) electrons. The minimum atomic E-state index is 0.117. The molecule has 0 saturated heterocycles. The second kappa shape index (κ2) is 6.37. The molecule has 0 aliphatic heterocycles. The quantitative estimate of drug-likeness (QED) is 0.604. The lowest BCUT2D eigenvalue weighted by Gasteiger charge is -2.14. The van der Waals surface area contributed by atoms with E-state index >= 15 is 0 Å². The molecule has 6 nitrogen and oxygen atoms in total. The predicted molar refractivity (Wildman–Crippen MR) is 95.0 cm³/mol. The fourth-order valence-electron chi connectivity index (χ4n) is 2.58. The number of thiophene rings is 1. The largest absolute Gasteiger partial charge is 0.362 e. The summed E-state index contributed by atoms with van der Waals surface area (Å²) in [6, 6.07) is 14.5. The first kappa shape index (κ1) is 14.8. The Morgan fingerprint density at radius 3 is 2.79 bits per heavy atom. The van der Waals surface area contributed by atoms with E-state index < -0.39 is 0 Å². The van der Waals surface area contributed by atoms with E-state index in [1.807, 2.05) is 24.3 Å². The van der Waals surface area contributed by atoms with Crippen LogP contribution in [0.3, 0.4) is 0 Å². The fraction of sp³-hybridized carbons (Fsp3) is 0.176. The summed E-state index contributed by atoms with van der Waals surface area (Å²) in [5.41, 5.74) is 2.62. The van der Waals surface area contributed by atoms with Crippen LogP contribution in [-0.2, 0) is 6.54 Å². The van der Waals surface area contributed by atoms with Gasteiger partial charge in [-0.2, -0.15) is 0 Å². The van der Waals surface area contributed by atoms with Gasteiger partial charge in [0.05, 0.1) is 12.6 Å².